The molecule has 0 amide bonds. The molecule has 6 atom stereocenters. The number of hydrogen-bond acceptors (Lipinski definition) is 4. The van der Waals surface area contributed by atoms with Crippen molar-refractivity contribution in [2.24, 2.45) is 11.8 Å². The van der Waals surface area contributed by atoms with Gasteiger partial charge in [-0.2, -0.15) is 0 Å². The minimum Gasteiger partial charge on any atom is -0.489 e. The van der Waals surface area contributed by atoms with E-state index in [0.717, 1.165) is 29.7 Å². The summed E-state index contributed by atoms with van der Waals surface area (Å²) in [5, 5.41) is 29.9. The van der Waals surface area contributed by atoms with Crippen molar-refractivity contribution in [2.75, 3.05) is 0 Å². The van der Waals surface area contributed by atoms with Crippen LogP contribution in [0.4, 0.5) is 0 Å². The predicted octanol–water partition coefficient (Wildman–Crippen LogP) is 3.68. The van der Waals surface area contributed by atoms with Crippen LogP contribution in [0.25, 0.3) is 0 Å². The summed E-state index contributed by atoms with van der Waals surface area (Å²) in [6, 6.07) is 6.13. The molecule has 1 heterocycles. The molecule has 162 valence electrons. The Bertz CT molecular complexity index is 834. The largest absolute Gasteiger partial charge is 0.489 e. The van der Waals surface area contributed by atoms with E-state index in [0.29, 0.717) is 19.3 Å². The molecule has 0 spiro atoms. The maximum Gasteiger partial charge on any atom is 0.303 e. The van der Waals surface area contributed by atoms with E-state index in [-0.39, 0.29) is 30.3 Å². The highest BCUT2D eigenvalue weighted by Gasteiger charge is 2.48. The number of aliphatic hydroxyl groups excluding tert-OH is 2. The number of carboxylic acid groups (broad SMARTS) is 1. The SMILES string of the molecule is CC#CCC(C)[C@H](O)/C=C/C1[C@H](O)C[C@@H]2Oc3c(CCCCC(=O)O)cccc3[C@H]12. The summed E-state index contributed by atoms with van der Waals surface area (Å²) in [5.41, 5.74) is 2.22. The molecule has 1 aromatic rings. The zero-order chi connectivity index (χ0) is 21.7. The molecule has 5 nitrogen and oxygen atoms in total. The van der Waals surface area contributed by atoms with Crippen LogP contribution in [0.3, 0.4) is 0 Å². The molecule has 3 rings (SSSR count). The Kier molecular flexibility index (Phi) is 7.58. The van der Waals surface area contributed by atoms with Crippen molar-refractivity contribution < 1.29 is 24.9 Å². The highest BCUT2D eigenvalue weighted by molar-refractivity contribution is 5.66. The first kappa shape index (κ1) is 22.4. The van der Waals surface area contributed by atoms with Gasteiger partial charge in [-0.15, -0.1) is 11.8 Å². The molecule has 2 aliphatic rings. The second-order valence-electron chi connectivity index (χ2n) is 8.48. The number of aliphatic hydroxyl groups is 2. The summed E-state index contributed by atoms with van der Waals surface area (Å²) >= 11 is 0. The lowest BCUT2D eigenvalue weighted by Gasteiger charge is -2.19. The minimum atomic E-state index is -0.763. The number of carbonyl (C=O) groups is 1. The first-order valence-electron chi connectivity index (χ1n) is 10.9. The Morgan fingerprint density at radius 2 is 2.17 bits per heavy atom. The van der Waals surface area contributed by atoms with E-state index in [2.05, 4.69) is 17.9 Å². The first-order valence-corrected chi connectivity index (χ1v) is 10.9. The Labute approximate surface area is 178 Å². The molecule has 0 radical (unpaired) electrons. The Hall–Kier alpha value is -2.29. The van der Waals surface area contributed by atoms with Crippen molar-refractivity contribution in [3.8, 4) is 17.6 Å². The van der Waals surface area contributed by atoms with Crippen molar-refractivity contribution in [3.05, 3.63) is 41.5 Å². The van der Waals surface area contributed by atoms with E-state index in [1.165, 1.54) is 0 Å². The van der Waals surface area contributed by atoms with Crippen LogP contribution in [-0.2, 0) is 11.2 Å². The quantitative estimate of drug-likeness (QED) is 0.327. The maximum absolute atomic E-state index is 10.7. The number of benzene rings is 1. The van der Waals surface area contributed by atoms with Gasteiger partial charge in [-0.3, -0.25) is 4.79 Å². The normalized spacial score (nSPS) is 26.4. The second-order valence-corrected chi connectivity index (χ2v) is 8.48. The molecule has 1 saturated carbocycles. The molecule has 0 saturated heterocycles. The fourth-order valence-electron chi connectivity index (χ4n) is 4.57. The van der Waals surface area contributed by atoms with E-state index in [9.17, 15) is 15.0 Å². The fraction of sp³-hybridized carbons (Fsp3) is 0.560. The van der Waals surface area contributed by atoms with Crippen molar-refractivity contribution in [1.82, 2.24) is 0 Å². The lowest BCUT2D eigenvalue weighted by Crippen LogP contribution is -2.19. The number of hydrogen-bond donors (Lipinski definition) is 3. The molecule has 1 aromatic carbocycles. The molecule has 0 aromatic heterocycles. The molecular formula is C25H32O5. The smallest absolute Gasteiger partial charge is 0.303 e. The average molecular weight is 413 g/mol. The number of carboxylic acids is 1. The lowest BCUT2D eigenvalue weighted by molar-refractivity contribution is -0.137. The zero-order valence-corrected chi connectivity index (χ0v) is 17.8. The average Bonchev–Trinajstić information content (AvgIpc) is 3.22. The number of rotatable bonds is 9. The number of aryl methyl sites for hydroxylation is 1. The van der Waals surface area contributed by atoms with Gasteiger partial charge in [-0.25, -0.2) is 0 Å². The van der Waals surface area contributed by atoms with E-state index in [4.69, 9.17) is 9.84 Å². The number of para-hydroxylation sites is 1. The number of unbranched alkanes of at least 4 members (excludes halogenated alkanes) is 1. The van der Waals surface area contributed by atoms with Crippen LogP contribution in [0.15, 0.2) is 30.4 Å². The molecule has 3 N–H and O–H groups in total. The summed E-state index contributed by atoms with van der Waals surface area (Å²) in [4.78, 5) is 10.7. The van der Waals surface area contributed by atoms with Crippen LogP contribution in [0, 0.1) is 23.7 Å². The van der Waals surface area contributed by atoms with Gasteiger partial charge in [0.05, 0.1) is 12.2 Å². The van der Waals surface area contributed by atoms with Gasteiger partial charge in [-0.05, 0) is 37.7 Å². The molecule has 1 aliphatic carbocycles. The van der Waals surface area contributed by atoms with Gasteiger partial charge in [-0.1, -0.05) is 37.3 Å². The Morgan fingerprint density at radius 3 is 2.90 bits per heavy atom. The van der Waals surface area contributed by atoms with Gasteiger partial charge in [0, 0.05) is 36.7 Å². The standard InChI is InChI=1S/C25H32O5/c1-3-4-8-16(2)20(26)14-13-18-21(27)15-22-24(18)19-11-7-10-17(25(19)30-22)9-5-6-12-23(28)29/h7,10-11,13-14,16,18,20-22,24,26-27H,5-6,8-9,12,15H2,1-2H3,(H,28,29)/b14-13+/t16?,18?,20-,21-,22+,24+/m1/s1. The molecule has 1 aliphatic heterocycles. The molecule has 30 heavy (non-hydrogen) atoms. The zero-order valence-electron chi connectivity index (χ0n) is 17.8. The summed E-state index contributed by atoms with van der Waals surface area (Å²) < 4.78 is 6.26. The van der Waals surface area contributed by atoms with E-state index in [1.54, 1.807) is 13.0 Å². The summed E-state index contributed by atoms with van der Waals surface area (Å²) in [6.07, 6.45) is 6.22. The topological polar surface area (TPSA) is 87.0 Å². The summed E-state index contributed by atoms with van der Waals surface area (Å²) in [6.45, 7) is 3.76. The predicted molar refractivity (Wildman–Crippen MR) is 115 cm³/mol. The van der Waals surface area contributed by atoms with Crippen LogP contribution in [0.1, 0.15) is 63.0 Å². The van der Waals surface area contributed by atoms with Gasteiger partial charge in [0.25, 0.3) is 0 Å². The monoisotopic (exact) mass is 412 g/mol. The molecule has 5 heteroatoms. The second kappa shape index (κ2) is 10.1. The first-order chi connectivity index (χ1) is 14.4. The van der Waals surface area contributed by atoms with Crippen molar-refractivity contribution in [1.29, 1.82) is 0 Å². The highest BCUT2D eigenvalue weighted by atomic mass is 16.5. The van der Waals surface area contributed by atoms with Gasteiger partial charge in [0.2, 0.25) is 0 Å². The summed E-state index contributed by atoms with van der Waals surface area (Å²) in [7, 11) is 0. The van der Waals surface area contributed by atoms with Crippen molar-refractivity contribution in [3.63, 3.8) is 0 Å². The fourth-order valence-corrected chi connectivity index (χ4v) is 4.57. The third-order valence-electron chi connectivity index (χ3n) is 6.29. The van der Waals surface area contributed by atoms with Crippen molar-refractivity contribution in [2.45, 2.75) is 76.6 Å². The molecule has 0 bridgehead atoms. The van der Waals surface area contributed by atoms with E-state index in [1.807, 2.05) is 25.1 Å². The van der Waals surface area contributed by atoms with Crippen LogP contribution >= 0.6 is 0 Å². The van der Waals surface area contributed by atoms with Gasteiger partial charge in [0.1, 0.15) is 11.9 Å². The van der Waals surface area contributed by atoms with Crippen LogP contribution in [-0.4, -0.2) is 39.6 Å². The summed E-state index contributed by atoms with van der Waals surface area (Å²) in [5.74, 6) is 6.01. The molecule has 2 unspecified atom stereocenters. The third kappa shape index (κ3) is 5.06. The number of fused-ring (bicyclic) bond motifs is 3. The molecule has 1 fully saturated rings. The van der Waals surface area contributed by atoms with Crippen LogP contribution < -0.4 is 4.74 Å². The number of ether oxygens (including phenoxy) is 1. The number of aliphatic carboxylic acids is 1. The van der Waals surface area contributed by atoms with E-state index >= 15 is 0 Å². The molecular weight excluding hydrogens is 380 g/mol. The van der Waals surface area contributed by atoms with Gasteiger partial charge in [0.15, 0.2) is 0 Å². The lowest BCUT2D eigenvalue weighted by atomic mass is 9.86. The van der Waals surface area contributed by atoms with Crippen LogP contribution in [0.5, 0.6) is 5.75 Å². The van der Waals surface area contributed by atoms with Gasteiger partial charge >= 0.3 is 5.97 Å². The van der Waals surface area contributed by atoms with Crippen molar-refractivity contribution >= 4 is 5.97 Å². The maximum atomic E-state index is 10.7. The Balaban J connectivity index is 1.71. The highest BCUT2D eigenvalue weighted by Crippen LogP contribution is 2.52. The Morgan fingerprint density at radius 1 is 1.37 bits per heavy atom. The van der Waals surface area contributed by atoms with Crippen LogP contribution in [0.2, 0.25) is 0 Å². The third-order valence-corrected chi connectivity index (χ3v) is 6.29. The van der Waals surface area contributed by atoms with E-state index < -0.39 is 18.2 Å². The van der Waals surface area contributed by atoms with Gasteiger partial charge < -0.3 is 20.1 Å². The minimum absolute atomic E-state index is 0.0348.